The van der Waals surface area contributed by atoms with E-state index in [4.69, 9.17) is 14.7 Å². The maximum absolute atomic E-state index is 10.8. The van der Waals surface area contributed by atoms with Crippen molar-refractivity contribution in [3.8, 4) is 11.5 Å². The number of hydroxylamine groups is 1. The molecule has 0 aliphatic carbocycles. The molecule has 5 N–H and O–H groups in total. The third-order valence-electron chi connectivity index (χ3n) is 1.90. The quantitative estimate of drug-likeness (QED) is 0.467. The van der Waals surface area contributed by atoms with E-state index in [-0.39, 0.29) is 17.6 Å². The Balaban J connectivity index is 0.00000225. The standard InChI is InChI=1S/C9H12N2O4.H3N/c1-14-8-4-3-7(6-11(13)10-12)9(5-8)15-2;/h3-5,12H,6H2,1-2H3;1H3/p+1/b11-10-;. The molecular formula is C9H16N3O4+. The van der Waals surface area contributed by atoms with Crippen LogP contribution >= 0.6 is 0 Å². The molecule has 1 aromatic rings. The maximum atomic E-state index is 10.8. The predicted octanol–water partition coefficient (Wildman–Crippen LogP) is 1.93. The number of rotatable bonds is 4. The Bertz CT molecular complexity index is 368. The molecule has 0 spiro atoms. The van der Waals surface area contributed by atoms with E-state index in [1.54, 1.807) is 18.2 Å². The van der Waals surface area contributed by atoms with Gasteiger partial charge in [-0.05, 0) is 12.1 Å². The number of methoxy groups -OCH3 is 2. The van der Waals surface area contributed by atoms with Crippen molar-refractivity contribution >= 4 is 0 Å². The summed E-state index contributed by atoms with van der Waals surface area (Å²) in [4.78, 5) is 0.157. The van der Waals surface area contributed by atoms with Crippen molar-refractivity contribution < 1.29 is 19.5 Å². The van der Waals surface area contributed by atoms with Crippen molar-refractivity contribution in [3.63, 3.8) is 0 Å². The van der Waals surface area contributed by atoms with Gasteiger partial charge in [0, 0.05) is 6.07 Å². The van der Waals surface area contributed by atoms with E-state index in [9.17, 15) is 5.21 Å². The van der Waals surface area contributed by atoms with Crippen LogP contribution in [0.3, 0.4) is 0 Å². The summed E-state index contributed by atoms with van der Waals surface area (Å²) in [7, 11) is 3.03. The maximum Gasteiger partial charge on any atom is 0.212 e. The van der Waals surface area contributed by atoms with Crippen molar-refractivity contribution in [2.45, 2.75) is 6.54 Å². The molecule has 0 aliphatic rings. The topological polar surface area (TPSA) is 114 Å². The fourth-order valence-corrected chi connectivity index (χ4v) is 1.16. The van der Waals surface area contributed by atoms with E-state index in [1.807, 2.05) is 0 Å². The van der Waals surface area contributed by atoms with Gasteiger partial charge in [0.1, 0.15) is 11.5 Å². The summed E-state index contributed by atoms with van der Waals surface area (Å²) < 4.78 is 10.1. The molecule has 7 nitrogen and oxygen atoms in total. The average molecular weight is 230 g/mol. The molecule has 1 rings (SSSR count). The van der Waals surface area contributed by atoms with E-state index in [0.29, 0.717) is 17.1 Å². The zero-order chi connectivity index (χ0) is 11.3. The molecule has 0 heterocycles. The van der Waals surface area contributed by atoms with Crippen LogP contribution in [-0.4, -0.2) is 24.3 Å². The van der Waals surface area contributed by atoms with Crippen LogP contribution in [0.4, 0.5) is 0 Å². The van der Waals surface area contributed by atoms with Crippen molar-refractivity contribution in [2.24, 2.45) is 5.28 Å². The zero-order valence-corrected chi connectivity index (χ0v) is 9.51. The lowest BCUT2D eigenvalue weighted by Gasteiger charge is -2.08. The summed E-state index contributed by atoms with van der Waals surface area (Å²) >= 11 is 0. The molecule has 0 saturated carbocycles. The van der Waals surface area contributed by atoms with E-state index >= 15 is 0 Å². The Morgan fingerprint density at radius 3 is 2.56 bits per heavy atom. The van der Waals surface area contributed by atoms with Crippen molar-refractivity contribution in [3.05, 3.63) is 29.0 Å². The first-order chi connectivity index (χ1) is 7.21. The molecule has 0 amide bonds. The van der Waals surface area contributed by atoms with E-state index in [2.05, 4.69) is 5.28 Å². The number of ether oxygens (including phenoxy) is 2. The second-order valence-electron chi connectivity index (χ2n) is 2.78. The van der Waals surface area contributed by atoms with Crippen molar-refractivity contribution in [2.75, 3.05) is 14.2 Å². The monoisotopic (exact) mass is 230 g/mol. The van der Waals surface area contributed by atoms with Gasteiger partial charge in [-0.15, -0.1) is 0 Å². The number of hydrogen-bond donors (Lipinski definition) is 2. The fraction of sp³-hybridized carbons (Fsp3) is 0.333. The highest BCUT2D eigenvalue weighted by Gasteiger charge is 2.09. The lowest BCUT2D eigenvalue weighted by molar-refractivity contribution is -0.570. The number of benzene rings is 1. The second-order valence-corrected chi connectivity index (χ2v) is 2.78. The highest BCUT2D eigenvalue weighted by atomic mass is 16.6. The van der Waals surface area contributed by atoms with Crippen LogP contribution in [0, 0.1) is 5.21 Å². The first-order valence-corrected chi connectivity index (χ1v) is 4.22. The lowest BCUT2D eigenvalue weighted by atomic mass is 10.2. The van der Waals surface area contributed by atoms with Gasteiger partial charge in [0.25, 0.3) is 0 Å². The van der Waals surface area contributed by atoms with Crippen LogP contribution in [0.2, 0.25) is 0 Å². The molecule has 7 heteroatoms. The van der Waals surface area contributed by atoms with Crippen molar-refractivity contribution in [1.82, 2.24) is 6.15 Å². The van der Waals surface area contributed by atoms with Gasteiger partial charge in [0.15, 0.2) is 5.28 Å². The van der Waals surface area contributed by atoms with Gasteiger partial charge >= 0.3 is 0 Å². The SMILES string of the molecule is COc1ccc(C/[N+]([O-])=N/O)c(OC)c1.[NH4+]. The highest BCUT2D eigenvalue weighted by Crippen LogP contribution is 2.24. The van der Waals surface area contributed by atoms with Crippen LogP contribution in [0.25, 0.3) is 0 Å². The Kier molecular flexibility index (Phi) is 5.65. The minimum Gasteiger partial charge on any atom is -0.597 e. The van der Waals surface area contributed by atoms with Crippen LogP contribution in [0.15, 0.2) is 23.5 Å². The highest BCUT2D eigenvalue weighted by molar-refractivity contribution is 5.40. The normalized spacial score (nSPS) is 10.5. The third-order valence-corrected chi connectivity index (χ3v) is 1.90. The van der Waals surface area contributed by atoms with Gasteiger partial charge in [-0.2, -0.15) is 0 Å². The number of nitrogens with zero attached hydrogens (tertiary/aromatic N) is 2. The number of hydrogen-bond acceptors (Lipinski definition) is 4. The van der Waals surface area contributed by atoms with Crippen molar-refractivity contribution in [1.29, 1.82) is 0 Å². The molecule has 0 saturated heterocycles. The van der Waals surface area contributed by atoms with Gasteiger partial charge in [0.05, 0.1) is 19.8 Å². The molecule has 0 fully saturated rings. The smallest absolute Gasteiger partial charge is 0.212 e. The Morgan fingerprint density at radius 1 is 1.38 bits per heavy atom. The Labute approximate surface area is 93.0 Å². The van der Waals surface area contributed by atoms with Crippen LogP contribution in [0.1, 0.15) is 5.56 Å². The Hall–Kier alpha value is -2.02. The van der Waals surface area contributed by atoms with E-state index < -0.39 is 0 Å². The molecule has 0 unspecified atom stereocenters. The molecule has 16 heavy (non-hydrogen) atoms. The van der Waals surface area contributed by atoms with E-state index in [0.717, 1.165) is 0 Å². The minimum absolute atomic E-state index is 0. The zero-order valence-electron chi connectivity index (χ0n) is 9.51. The summed E-state index contributed by atoms with van der Waals surface area (Å²) in [6, 6.07) is 5.03. The van der Waals surface area contributed by atoms with Crippen LogP contribution in [0.5, 0.6) is 11.5 Å². The molecule has 90 valence electrons. The second kappa shape index (κ2) is 6.46. The summed E-state index contributed by atoms with van der Waals surface area (Å²) in [5.74, 6) is 1.15. The summed E-state index contributed by atoms with van der Waals surface area (Å²) in [5, 5.41) is 21.5. The molecule has 0 atom stereocenters. The van der Waals surface area contributed by atoms with E-state index in [1.165, 1.54) is 14.2 Å². The van der Waals surface area contributed by atoms with Gasteiger partial charge in [0.2, 0.25) is 6.54 Å². The summed E-state index contributed by atoms with van der Waals surface area (Å²) in [6.45, 7) is -0.0797. The molecule has 0 aliphatic heterocycles. The van der Waals surface area contributed by atoms with Crippen LogP contribution < -0.4 is 15.6 Å². The molecule has 1 aromatic carbocycles. The molecule has 0 aromatic heterocycles. The first-order valence-electron chi connectivity index (χ1n) is 4.22. The van der Waals surface area contributed by atoms with Crippen LogP contribution in [-0.2, 0) is 6.54 Å². The summed E-state index contributed by atoms with van der Waals surface area (Å²) in [6.07, 6.45) is 0. The molecule has 0 bridgehead atoms. The molecular weight excluding hydrogens is 214 g/mol. The largest absolute Gasteiger partial charge is 0.597 e. The Morgan fingerprint density at radius 2 is 2.06 bits per heavy atom. The lowest BCUT2D eigenvalue weighted by Crippen LogP contribution is -2.02. The van der Waals surface area contributed by atoms with Gasteiger partial charge in [-0.25, -0.2) is 0 Å². The predicted molar refractivity (Wildman–Crippen MR) is 57.1 cm³/mol. The first kappa shape index (κ1) is 14.0. The van der Waals surface area contributed by atoms with Gasteiger partial charge in [-0.3, -0.25) is 0 Å². The summed E-state index contributed by atoms with van der Waals surface area (Å²) in [5.41, 5.74) is 0.617. The molecule has 0 radical (unpaired) electrons. The third kappa shape index (κ3) is 3.28. The average Bonchev–Trinajstić information content (AvgIpc) is 2.29. The number of quaternary nitrogens is 1. The van der Waals surface area contributed by atoms with Gasteiger partial charge in [-0.1, -0.05) is 4.86 Å². The fourth-order valence-electron chi connectivity index (χ4n) is 1.16. The van der Waals surface area contributed by atoms with Gasteiger partial charge < -0.3 is 26.0 Å². The minimum atomic E-state index is -0.0797.